The summed E-state index contributed by atoms with van der Waals surface area (Å²) >= 11 is 0. The van der Waals surface area contributed by atoms with Gasteiger partial charge in [-0.3, -0.25) is 9.79 Å². The summed E-state index contributed by atoms with van der Waals surface area (Å²) in [5.41, 5.74) is 11.9. The maximum Gasteiger partial charge on any atom is 0.220 e. The van der Waals surface area contributed by atoms with Crippen LogP contribution in [-0.4, -0.2) is 34.2 Å². The van der Waals surface area contributed by atoms with Crippen LogP contribution in [0.3, 0.4) is 0 Å². The molecule has 0 aliphatic carbocycles. The summed E-state index contributed by atoms with van der Waals surface area (Å²) in [6.45, 7) is 24.5. The summed E-state index contributed by atoms with van der Waals surface area (Å²) < 4.78 is 2.37. The fraction of sp³-hybridized carbons (Fsp3) is 0.238. The molecule has 0 N–H and O–H groups in total. The van der Waals surface area contributed by atoms with E-state index in [9.17, 15) is 4.79 Å². The highest BCUT2D eigenvalue weighted by atomic mass is 16.2. The van der Waals surface area contributed by atoms with Crippen LogP contribution in [0.5, 0.6) is 0 Å². The fourth-order valence-electron chi connectivity index (χ4n) is 6.38. The Balaban J connectivity index is 1.66. The number of aliphatic imine (C=N–C) groups is 1. The maximum absolute atomic E-state index is 13.1. The topological polar surface area (TPSA) is 37.6 Å². The van der Waals surface area contributed by atoms with Gasteiger partial charge in [0.15, 0.2) is 0 Å². The van der Waals surface area contributed by atoms with Gasteiger partial charge >= 0.3 is 0 Å². The summed E-state index contributed by atoms with van der Waals surface area (Å²) in [5, 5.41) is 2.37. The molecule has 0 saturated heterocycles. The minimum absolute atomic E-state index is 0.0129. The summed E-state index contributed by atoms with van der Waals surface area (Å²) in [4.78, 5) is 20.1. The van der Waals surface area contributed by atoms with E-state index in [1.54, 1.807) is 6.92 Å². The molecule has 0 aliphatic heterocycles. The molecular weight excluding hydrogens is 562 g/mol. The van der Waals surface area contributed by atoms with Gasteiger partial charge in [-0.2, -0.15) is 0 Å². The predicted molar refractivity (Wildman–Crippen MR) is 197 cm³/mol. The zero-order valence-electron chi connectivity index (χ0n) is 27.9. The Morgan fingerprint density at radius 2 is 1.41 bits per heavy atom. The number of hydrogen-bond acceptors (Lipinski definition) is 2. The van der Waals surface area contributed by atoms with Crippen molar-refractivity contribution in [2.75, 3.05) is 13.1 Å². The Hall–Kier alpha value is -4.96. The van der Waals surface area contributed by atoms with E-state index in [0.29, 0.717) is 19.5 Å². The number of carbonyl (C=O) groups excluding carboxylic acids is 1. The second-order valence-corrected chi connectivity index (χ2v) is 12.5. The van der Waals surface area contributed by atoms with Crippen molar-refractivity contribution in [2.45, 2.75) is 53.6 Å². The van der Waals surface area contributed by atoms with E-state index in [2.05, 4.69) is 111 Å². The lowest BCUT2D eigenvalue weighted by atomic mass is 9.93. The molecule has 0 fully saturated rings. The second-order valence-electron chi connectivity index (χ2n) is 12.5. The second kappa shape index (κ2) is 14.0. The molecule has 0 spiro atoms. The summed E-state index contributed by atoms with van der Waals surface area (Å²) in [6.07, 6.45) is 0.567. The van der Waals surface area contributed by atoms with Crippen molar-refractivity contribution >= 4 is 39.0 Å². The van der Waals surface area contributed by atoms with E-state index in [1.165, 1.54) is 27.4 Å². The molecule has 234 valence electrons. The number of carbonyl (C=O) groups is 1. The number of aromatic nitrogens is 1. The largest absolute Gasteiger partial charge is 0.341 e. The number of nitrogens with zero attached hydrogens (tertiary/aromatic N) is 3. The van der Waals surface area contributed by atoms with Crippen LogP contribution in [0, 0.1) is 6.92 Å². The quantitative estimate of drug-likeness (QED) is 0.103. The fourth-order valence-corrected chi connectivity index (χ4v) is 6.38. The number of fused-ring (bicyclic) bond motifs is 3. The number of hydrogen-bond donors (Lipinski definition) is 0. The van der Waals surface area contributed by atoms with Crippen LogP contribution in [0.25, 0.3) is 27.4 Å². The van der Waals surface area contributed by atoms with Gasteiger partial charge < -0.3 is 9.47 Å². The van der Waals surface area contributed by atoms with Crippen molar-refractivity contribution in [3.05, 3.63) is 150 Å². The highest BCUT2D eigenvalue weighted by Crippen LogP contribution is 2.35. The van der Waals surface area contributed by atoms with Gasteiger partial charge in [0.25, 0.3) is 0 Å². The molecular formula is C42H45N3O. The van der Waals surface area contributed by atoms with Gasteiger partial charge in [-0.15, -0.1) is 0 Å². The molecule has 1 aromatic heterocycles. The molecule has 46 heavy (non-hydrogen) atoms. The van der Waals surface area contributed by atoms with Crippen LogP contribution in [0.15, 0.2) is 127 Å². The molecule has 0 radical (unpaired) electrons. The number of rotatable bonds is 12. The molecule has 1 heterocycles. The highest BCUT2D eigenvalue weighted by molar-refractivity contribution is 6.12. The summed E-state index contributed by atoms with van der Waals surface area (Å²) in [6, 6.07) is 31.8. The first-order chi connectivity index (χ1) is 22.1. The first-order valence-corrected chi connectivity index (χ1v) is 16.0. The molecule has 5 aromatic rings. The monoisotopic (exact) mass is 607 g/mol. The lowest BCUT2D eigenvalue weighted by Gasteiger charge is -2.32. The average Bonchev–Trinajstić information content (AvgIpc) is 3.36. The van der Waals surface area contributed by atoms with Crippen LogP contribution in [0.2, 0.25) is 0 Å². The van der Waals surface area contributed by atoms with Crippen molar-refractivity contribution < 1.29 is 4.79 Å². The van der Waals surface area contributed by atoms with Crippen LogP contribution in [-0.2, 0) is 11.3 Å². The van der Waals surface area contributed by atoms with E-state index >= 15 is 0 Å². The maximum atomic E-state index is 13.1. The molecule has 5 rings (SSSR count). The molecule has 4 nitrogen and oxygen atoms in total. The molecule has 1 atom stereocenters. The lowest BCUT2D eigenvalue weighted by Crippen LogP contribution is -2.35. The van der Waals surface area contributed by atoms with E-state index in [0.717, 1.165) is 51.2 Å². The van der Waals surface area contributed by atoms with Crippen LogP contribution in [0.4, 0.5) is 0 Å². The molecule has 0 saturated carbocycles. The smallest absolute Gasteiger partial charge is 0.220 e. The van der Waals surface area contributed by atoms with E-state index in [4.69, 9.17) is 4.99 Å². The van der Waals surface area contributed by atoms with Crippen LogP contribution in [0.1, 0.15) is 68.0 Å². The first kappa shape index (κ1) is 32.4. The van der Waals surface area contributed by atoms with Crippen molar-refractivity contribution in [1.82, 2.24) is 9.47 Å². The van der Waals surface area contributed by atoms with Crippen molar-refractivity contribution in [1.29, 1.82) is 0 Å². The molecule has 4 heteroatoms. The summed E-state index contributed by atoms with van der Waals surface area (Å²) in [7, 11) is 0. The van der Waals surface area contributed by atoms with Gasteiger partial charge in [-0.25, -0.2) is 0 Å². The third kappa shape index (κ3) is 6.82. The van der Waals surface area contributed by atoms with Crippen LogP contribution >= 0.6 is 0 Å². The Morgan fingerprint density at radius 3 is 2.00 bits per heavy atom. The average molecular weight is 608 g/mol. The molecule has 1 amide bonds. The molecule has 0 bridgehead atoms. The Kier molecular flexibility index (Phi) is 9.87. The Morgan fingerprint density at radius 1 is 0.804 bits per heavy atom. The standard InChI is InChI=1S/C42H45N3O/c1-9-44-40-21-19-34(31(7)36-18-14-13-15-30(36)6)23-37(40)38-24-35(20-22-41(38)44)39(43-26-28(2)3)25-42(33-16-11-10-12-17-33)45(32(8)46)27-29(4)5/h10-24,42H,2,4,7,9,25-27H2,1,3,5-6,8H3. The zero-order valence-corrected chi connectivity index (χ0v) is 27.9. The Bertz CT molecular complexity index is 1970. The lowest BCUT2D eigenvalue weighted by molar-refractivity contribution is -0.130. The van der Waals surface area contributed by atoms with Gasteiger partial charge in [-0.05, 0) is 85.4 Å². The van der Waals surface area contributed by atoms with Gasteiger partial charge in [0.05, 0.1) is 12.6 Å². The molecule has 0 aliphatic rings. The van der Waals surface area contributed by atoms with Gasteiger partial charge in [-0.1, -0.05) is 97.6 Å². The van der Waals surface area contributed by atoms with Crippen molar-refractivity contribution in [2.24, 2.45) is 4.99 Å². The number of amides is 1. The SMILES string of the molecule is C=C(C)CN=C(CC(c1ccccc1)N(CC(=C)C)C(C)=O)c1ccc2c(c1)c1cc(C(=C)c3ccccc3C)ccc1n2CC. The van der Waals surface area contributed by atoms with Crippen molar-refractivity contribution in [3.63, 3.8) is 0 Å². The predicted octanol–water partition coefficient (Wildman–Crippen LogP) is 10.1. The van der Waals surface area contributed by atoms with Crippen molar-refractivity contribution in [3.8, 4) is 0 Å². The molecule has 1 unspecified atom stereocenters. The molecule has 4 aromatic carbocycles. The van der Waals surface area contributed by atoms with E-state index in [-0.39, 0.29) is 11.9 Å². The minimum atomic E-state index is -0.198. The number of benzene rings is 4. The van der Waals surface area contributed by atoms with Crippen LogP contribution < -0.4 is 0 Å². The first-order valence-electron chi connectivity index (χ1n) is 16.0. The van der Waals surface area contributed by atoms with Gasteiger partial charge in [0.2, 0.25) is 5.91 Å². The Labute approximate surface area is 274 Å². The summed E-state index contributed by atoms with van der Waals surface area (Å²) in [5.74, 6) is 0.0129. The normalized spacial score (nSPS) is 12.3. The minimum Gasteiger partial charge on any atom is -0.341 e. The number of aryl methyl sites for hydroxylation is 2. The zero-order chi connectivity index (χ0) is 33.0. The van der Waals surface area contributed by atoms with E-state index in [1.807, 2.05) is 36.9 Å². The third-order valence-electron chi connectivity index (χ3n) is 8.66. The van der Waals surface area contributed by atoms with E-state index < -0.39 is 0 Å². The van der Waals surface area contributed by atoms with Gasteiger partial charge in [0.1, 0.15) is 0 Å². The van der Waals surface area contributed by atoms with Gasteiger partial charge in [0, 0.05) is 54.0 Å². The highest BCUT2D eigenvalue weighted by Gasteiger charge is 2.26. The third-order valence-corrected chi connectivity index (χ3v) is 8.66.